The van der Waals surface area contributed by atoms with Crippen LogP contribution in [0.2, 0.25) is 0 Å². The highest BCUT2D eigenvalue weighted by Crippen LogP contribution is 2.47. The average Bonchev–Trinajstić information content (AvgIpc) is 3.29. The van der Waals surface area contributed by atoms with Gasteiger partial charge in [0, 0.05) is 24.5 Å². The zero-order valence-electron chi connectivity index (χ0n) is 19.2. The lowest BCUT2D eigenvalue weighted by Crippen LogP contribution is -2.81. The number of nitrogens with one attached hydrogen (secondary N) is 1. The van der Waals surface area contributed by atoms with Gasteiger partial charge in [-0.3, -0.25) is 14.5 Å². The Bertz CT molecular complexity index is 1130. The van der Waals surface area contributed by atoms with Crippen LogP contribution in [0.25, 0.3) is 0 Å². The van der Waals surface area contributed by atoms with Crippen LogP contribution in [0.15, 0.2) is 39.6 Å². The monoisotopic (exact) mass is 539 g/mol. The van der Waals surface area contributed by atoms with Crippen LogP contribution in [0.5, 0.6) is 0 Å². The average molecular weight is 540 g/mol. The highest BCUT2D eigenvalue weighted by molar-refractivity contribution is 8.01. The van der Waals surface area contributed by atoms with E-state index in [9.17, 15) is 19.5 Å². The highest BCUT2D eigenvalue weighted by Gasteiger charge is 2.67. The van der Waals surface area contributed by atoms with Gasteiger partial charge in [0.15, 0.2) is 4.34 Å². The molecule has 0 saturated carbocycles. The van der Waals surface area contributed by atoms with Crippen LogP contribution in [0.3, 0.4) is 0 Å². The predicted molar refractivity (Wildman–Crippen MR) is 131 cm³/mol. The number of fused-ring (bicyclic) bond motifs is 1. The van der Waals surface area contributed by atoms with E-state index in [-0.39, 0.29) is 11.5 Å². The Balaban J connectivity index is 1.54. The van der Waals surface area contributed by atoms with Crippen LogP contribution in [0.4, 0.5) is 0 Å². The van der Waals surface area contributed by atoms with Crippen LogP contribution in [-0.4, -0.2) is 80.9 Å². The van der Waals surface area contributed by atoms with Gasteiger partial charge in [-0.05, 0) is 25.0 Å². The molecule has 1 saturated heterocycles. The Hall–Kier alpha value is -2.39. The van der Waals surface area contributed by atoms with E-state index in [0.29, 0.717) is 23.5 Å². The van der Waals surface area contributed by atoms with Gasteiger partial charge in [-0.15, -0.1) is 22.0 Å². The fourth-order valence-electron chi connectivity index (χ4n) is 4.04. The SMILES string of the molecule is COC(=O)C1=C(CSc2nnc(C)s2)CS[C@@H]2N1C(=O)C2(NC(=O)C(N)C1CC=CC=C1O)OC. The first-order valence-corrected chi connectivity index (χ1v) is 13.5. The van der Waals surface area contributed by atoms with Crippen LogP contribution in [0, 0.1) is 12.8 Å². The van der Waals surface area contributed by atoms with Crippen LogP contribution in [0.1, 0.15) is 11.4 Å². The van der Waals surface area contributed by atoms with Crippen molar-refractivity contribution in [1.82, 2.24) is 20.4 Å². The number of β-lactam (4-membered cyclic amide) rings is 1. The normalized spacial score (nSPS) is 26.6. The summed E-state index contributed by atoms with van der Waals surface area (Å²) in [7, 11) is 2.56. The number of amides is 2. The number of thioether (sulfide) groups is 2. The van der Waals surface area contributed by atoms with Gasteiger partial charge in [-0.25, -0.2) is 4.79 Å². The number of esters is 1. The van der Waals surface area contributed by atoms with E-state index in [1.807, 2.05) is 6.92 Å². The van der Waals surface area contributed by atoms with E-state index in [0.717, 1.165) is 9.35 Å². The number of aromatic nitrogens is 2. The topological polar surface area (TPSA) is 157 Å². The number of carbonyl (C=O) groups is 3. The summed E-state index contributed by atoms with van der Waals surface area (Å²) in [5.74, 6) is -1.68. The predicted octanol–water partition coefficient (Wildman–Crippen LogP) is 1.09. The number of aliphatic hydroxyl groups excluding tert-OH is 1. The third kappa shape index (κ3) is 4.60. The standard InChI is InChI=1S/C21H25N5O6S3/c1-10-24-25-20(35-10)34-9-11-8-33-19-21(32-3,18(30)26(19)15(11)17(29)31-2)23-16(28)14(22)12-6-4-5-7-13(12)27/h4-5,7,12,14,19,27H,6,8-9,22H2,1-3H3,(H,23,28)/t12?,14?,19-,21?/m0/s1. The summed E-state index contributed by atoms with van der Waals surface area (Å²) in [6, 6.07) is -1.10. The molecule has 4 atom stereocenters. The molecule has 1 aliphatic carbocycles. The van der Waals surface area contributed by atoms with Gasteiger partial charge in [-0.2, -0.15) is 0 Å². The van der Waals surface area contributed by atoms with E-state index in [1.54, 1.807) is 12.2 Å². The molecule has 1 fully saturated rings. The number of ether oxygens (including phenoxy) is 2. The number of allylic oxidation sites excluding steroid dienone is 3. The smallest absolute Gasteiger partial charge is 0.354 e. The molecule has 2 amide bonds. The summed E-state index contributed by atoms with van der Waals surface area (Å²) in [5, 5.41) is 21.0. The van der Waals surface area contributed by atoms with Crippen molar-refractivity contribution in [3.63, 3.8) is 0 Å². The Kier molecular flexibility index (Phi) is 7.57. The zero-order chi connectivity index (χ0) is 25.3. The number of carbonyl (C=O) groups excluding carboxylic acids is 3. The number of hydrogen-bond donors (Lipinski definition) is 3. The van der Waals surface area contributed by atoms with Gasteiger partial charge in [0.1, 0.15) is 16.1 Å². The molecule has 11 nitrogen and oxygen atoms in total. The second kappa shape index (κ2) is 10.3. The molecule has 4 N–H and O–H groups in total. The number of aliphatic hydroxyl groups is 1. The first-order valence-electron chi connectivity index (χ1n) is 10.6. The summed E-state index contributed by atoms with van der Waals surface area (Å²) >= 11 is 4.22. The van der Waals surface area contributed by atoms with Gasteiger partial charge in [0.25, 0.3) is 11.6 Å². The van der Waals surface area contributed by atoms with Crippen molar-refractivity contribution in [2.75, 3.05) is 25.7 Å². The Morgan fingerprint density at radius 3 is 2.83 bits per heavy atom. The maximum absolute atomic E-state index is 13.4. The second-order valence-corrected chi connectivity index (χ2v) is 11.4. The summed E-state index contributed by atoms with van der Waals surface area (Å²) in [5.41, 5.74) is 5.27. The Morgan fingerprint density at radius 2 is 2.20 bits per heavy atom. The molecule has 2 aliphatic heterocycles. The fourth-order valence-corrected chi connectivity index (χ4v) is 7.43. The zero-order valence-corrected chi connectivity index (χ0v) is 21.7. The minimum atomic E-state index is -1.70. The number of aryl methyl sites for hydroxylation is 1. The fraction of sp³-hybridized carbons (Fsp3) is 0.476. The molecule has 4 rings (SSSR count). The van der Waals surface area contributed by atoms with Crippen molar-refractivity contribution in [3.8, 4) is 0 Å². The van der Waals surface area contributed by atoms with E-state index >= 15 is 0 Å². The summed E-state index contributed by atoms with van der Waals surface area (Å²) < 4.78 is 11.3. The quantitative estimate of drug-likeness (QED) is 0.188. The number of nitrogens with zero attached hydrogens (tertiary/aromatic N) is 3. The van der Waals surface area contributed by atoms with Crippen molar-refractivity contribution < 1.29 is 29.0 Å². The third-order valence-corrected chi connectivity index (χ3v) is 9.34. The van der Waals surface area contributed by atoms with E-state index in [2.05, 4.69) is 15.5 Å². The molecule has 1 aromatic rings. The summed E-state index contributed by atoms with van der Waals surface area (Å²) in [4.78, 5) is 40.4. The van der Waals surface area contributed by atoms with E-state index in [1.165, 1.54) is 60.1 Å². The first-order chi connectivity index (χ1) is 16.7. The van der Waals surface area contributed by atoms with E-state index < -0.39 is 40.8 Å². The van der Waals surface area contributed by atoms with Crippen molar-refractivity contribution in [1.29, 1.82) is 0 Å². The van der Waals surface area contributed by atoms with Crippen LogP contribution in [-0.2, 0) is 23.9 Å². The molecule has 0 bridgehead atoms. The number of rotatable bonds is 8. The third-order valence-electron chi connectivity index (χ3n) is 5.91. The van der Waals surface area contributed by atoms with Gasteiger partial charge >= 0.3 is 5.97 Å². The van der Waals surface area contributed by atoms with Gasteiger partial charge in [-0.1, -0.05) is 35.3 Å². The molecule has 14 heteroatoms. The number of hydrogen-bond acceptors (Lipinski definition) is 12. The van der Waals surface area contributed by atoms with Crippen LogP contribution >= 0.6 is 34.9 Å². The lowest BCUT2D eigenvalue weighted by Gasteiger charge is -2.56. The molecule has 0 spiro atoms. The molecule has 0 aromatic carbocycles. The van der Waals surface area contributed by atoms with Crippen molar-refractivity contribution in [2.45, 2.75) is 34.8 Å². The van der Waals surface area contributed by atoms with Gasteiger partial charge in [0.2, 0.25) is 5.91 Å². The second-order valence-electron chi connectivity index (χ2n) is 7.97. The molecule has 188 valence electrons. The Morgan fingerprint density at radius 1 is 1.43 bits per heavy atom. The molecule has 3 heterocycles. The maximum Gasteiger partial charge on any atom is 0.354 e. The first kappa shape index (κ1) is 25.7. The highest BCUT2D eigenvalue weighted by atomic mass is 32.2. The van der Waals surface area contributed by atoms with Crippen LogP contribution < -0.4 is 11.1 Å². The van der Waals surface area contributed by atoms with Crippen molar-refractivity contribution >= 4 is 52.6 Å². The molecule has 1 aromatic heterocycles. The largest absolute Gasteiger partial charge is 0.512 e. The van der Waals surface area contributed by atoms with Gasteiger partial charge < -0.3 is 25.6 Å². The lowest BCUT2D eigenvalue weighted by molar-refractivity contribution is -0.193. The van der Waals surface area contributed by atoms with Crippen molar-refractivity contribution in [3.05, 3.63) is 40.3 Å². The molecule has 35 heavy (non-hydrogen) atoms. The number of nitrogens with two attached hydrogens (primary N) is 1. The van der Waals surface area contributed by atoms with E-state index in [4.69, 9.17) is 15.2 Å². The maximum atomic E-state index is 13.4. The number of methoxy groups -OCH3 is 2. The minimum Gasteiger partial charge on any atom is -0.512 e. The minimum absolute atomic E-state index is 0.00102. The lowest BCUT2D eigenvalue weighted by atomic mass is 9.90. The summed E-state index contributed by atoms with van der Waals surface area (Å²) in [6.07, 6.45) is 5.35. The van der Waals surface area contributed by atoms with Crippen molar-refractivity contribution in [2.24, 2.45) is 11.7 Å². The van der Waals surface area contributed by atoms with Gasteiger partial charge in [0.05, 0.1) is 18.9 Å². The Labute approximate surface area is 214 Å². The molecule has 3 aliphatic rings. The molecule has 0 radical (unpaired) electrons. The molecule has 3 unspecified atom stereocenters. The molecular weight excluding hydrogens is 514 g/mol. The summed E-state index contributed by atoms with van der Waals surface area (Å²) in [6.45, 7) is 1.85. The molecular formula is C21H25N5O6S3.